The predicted molar refractivity (Wildman–Crippen MR) is 225 cm³/mol. The van der Waals surface area contributed by atoms with Gasteiger partial charge in [-0.15, -0.1) is 0 Å². The van der Waals surface area contributed by atoms with Gasteiger partial charge in [-0.2, -0.15) is 0 Å². The lowest BCUT2D eigenvalue weighted by atomic mass is 9.52. The van der Waals surface area contributed by atoms with Crippen LogP contribution in [0.15, 0.2) is 72.8 Å². The van der Waals surface area contributed by atoms with Crippen molar-refractivity contribution >= 4 is 11.4 Å². The molecule has 2 heterocycles. The van der Waals surface area contributed by atoms with E-state index < -0.39 is 0 Å². The molecule has 0 radical (unpaired) electrons. The van der Waals surface area contributed by atoms with Gasteiger partial charge in [0.15, 0.2) is 11.6 Å². The second-order valence-electron chi connectivity index (χ2n) is 21.2. The summed E-state index contributed by atoms with van der Waals surface area (Å²) in [6.45, 7) is 19.2. The van der Waals surface area contributed by atoms with E-state index in [1.54, 1.807) is 0 Å². The minimum absolute atomic E-state index is 0.210. The molecule has 0 amide bonds. The van der Waals surface area contributed by atoms with Crippen molar-refractivity contribution in [2.45, 2.75) is 167 Å². The summed E-state index contributed by atoms with van der Waals surface area (Å²) in [5, 5.41) is 0. The number of rotatable bonds is 8. The molecule has 8 bridgehead atoms. The first-order valence-electron chi connectivity index (χ1n) is 22.5. The molecule has 0 aromatic heterocycles. The number of benzene rings is 2. The fourth-order valence-electron chi connectivity index (χ4n) is 14.6. The highest BCUT2D eigenvalue weighted by Crippen LogP contribution is 2.63. The van der Waals surface area contributed by atoms with Crippen molar-refractivity contribution in [2.75, 3.05) is 9.80 Å². The van der Waals surface area contributed by atoms with Gasteiger partial charge < -0.3 is 9.80 Å². The van der Waals surface area contributed by atoms with Crippen LogP contribution in [-0.4, -0.2) is 20.9 Å². The fraction of sp³-hybridized carbons (Fsp3) is 0.640. The lowest BCUT2D eigenvalue weighted by Crippen LogP contribution is -2.62. The summed E-state index contributed by atoms with van der Waals surface area (Å²) in [4.78, 5) is 11.4. The van der Waals surface area contributed by atoms with E-state index in [-0.39, 0.29) is 11.1 Å². The number of anilines is 2. The summed E-state index contributed by atoms with van der Waals surface area (Å²) in [7, 11) is 0. The van der Waals surface area contributed by atoms with Crippen molar-refractivity contribution in [3.63, 3.8) is 0 Å². The number of para-hydroxylation sites is 2. The molecule has 8 fully saturated rings. The molecular formula is C50H68N4. The zero-order valence-electron chi connectivity index (χ0n) is 34.8. The Morgan fingerprint density at radius 3 is 0.944 bits per heavy atom. The first-order valence-corrected chi connectivity index (χ1v) is 22.5. The molecule has 4 heteroatoms. The van der Waals surface area contributed by atoms with Gasteiger partial charge >= 0.3 is 0 Å². The molecule has 10 aliphatic rings. The van der Waals surface area contributed by atoms with Gasteiger partial charge in [0.1, 0.15) is 0 Å². The summed E-state index contributed by atoms with van der Waals surface area (Å²) in [5.41, 5.74) is 9.09. The fourth-order valence-corrected chi connectivity index (χ4v) is 14.6. The maximum absolute atomic E-state index is 2.97. The average Bonchev–Trinajstić information content (AvgIpc) is 3.75. The monoisotopic (exact) mass is 725 g/mol. The molecule has 2 aromatic rings. The van der Waals surface area contributed by atoms with Crippen LogP contribution in [0.5, 0.6) is 0 Å². The molecule has 12 rings (SSSR count). The Kier molecular flexibility index (Phi) is 8.29. The van der Waals surface area contributed by atoms with Gasteiger partial charge in [0, 0.05) is 35.9 Å². The van der Waals surface area contributed by atoms with Gasteiger partial charge in [-0.05, 0) is 158 Å². The quantitative estimate of drug-likeness (QED) is 0.269. The molecular weight excluding hydrogens is 657 g/mol. The third kappa shape index (κ3) is 5.33. The zero-order valence-corrected chi connectivity index (χ0v) is 34.8. The van der Waals surface area contributed by atoms with Crippen LogP contribution >= 0.6 is 0 Å². The highest BCUT2D eigenvalue weighted by molar-refractivity contribution is 5.78. The topological polar surface area (TPSA) is 13.0 Å². The smallest absolute Gasteiger partial charge is 0.164 e. The van der Waals surface area contributed by atoms with Crippen molar-refractivity contribution in [3.8, 4) is 0 Å². The van der Waals surface area contributed by atoms with Crippen LogP contribution in [0.1, 0.15) is 178 Å². The second-order valence-corrected chi connectivity index (χ2v) is 21.2. The van der Waals surface area contributed by atoms with Crippen LogP contribution in [0.4, 0.5) is 11.4 Å². The molecule has 2 aliphatic heterocycles. The third-order valence-electron chi connectivity index (χ3n) is 16.0. The van der Waals surface area contributed by atoms with Crippen molar-refractivity contribution in [1.82, 2.24) is 9.80 Å². The number of hydrogen-bond acceptors (Lipinski definition) is 4. The van der Waals surface area contributed by atoms with Gasteiger partial charge in [0.2, 0.25) is 0 Å². The molecule has 0 spiro atoms. The van der Waals surface area contributed by atoms with Crippen LogP contribution in [0.3, 0.4) is 0 Å². The standard InChI is InChI=1S/C50H68N4/c1-31(2)41-11-9-12-42(32(3)4)45(41)51-15-16-52(46-43(33(5)6)13-10-14-44(46)34(7)8)47(51)48-53(49-25-35-19-36(26-49)21-37(20-35)27-49)17-18-54(48)50-28-38-22-39(29-50)24-40(23-38)30-50/h9-18,31-40H,19-30H2,1-8H3. The Labute approximate surface area is 327 Å². The first-order chi connectivity index (χ1) is 25.9. The molecule has 54 heavy (non-hydrogen) atoms. The summed E-state index contributed by atoms with van der Waals surface area (Å²) in [5.74, 6) is 9.91. The van der Waals surface area contributed by atoms with Gasteiger partial charge in [0.05, 0.1) is 11.4 Å². The Morgan fingerprint density at radius 1 is 0.407 bits per heavy atom. The molecule has 0 unspecified atom stereocenters. The summed E-state index contributed by atoms with van der Waals surface area (Å²) in [6, 6.07) is 14.3. The summed E-state index contributed by atoms with van der Waals surface area (Å²) >= 11 is 0. The Bertz CT molecular complexity index is 1630. The molecule has 4 nitrogen and oxygen atoms in total. The van der Waals surface area contributed by atoms with Gasteiger partial charge in [-0.1, -0.05) is 91.8 Å². The predicted octanol–water partition coefficient (Wildman–Crippen LogP) is 13.1. The molecule has 8 aliphatic carbocycles. The van der Waals surface area contributed by atoms with Crippen molar-refractivity contribution in [1.29, 1.82) is 0 Å². The highest BCUT2D eigenvalue weighted by Gasteiger charge is 2.60. The van der Waals surface area contributed by atoms with E-state index in [0.29, 0.717) is 23.7 Å². The maximum atomic E-state index is 2.97. The minimum atomic E-state index is 0.210. The van der Waals surface area contributed by atoms with Gasteiger partial charge in [-0.25, -0.2) is 0 Å². The van der Waals surface area contributed by atoms with E-state index in [9.17, 15) is 0 Å². The lowest BCUT2D eigenvalue weighted by Gasteiger charge is -2.63. The van der Waals surface area contributed by atoms with Crippen LogP contribution in [0.25, 0.3) is 0 Å². The van der Waals surface area contributed by atoms with Crippen LogP contribution in [0.2, 0.25) is 0 Å². The normalized spacial score (nSPS) is 35.0. The van der Waals surface area contributed by atoms with Gasteiger partial charge in [0.25, 0.3) is 0 Å². The molecule has 2 aromatic carbocycles. The van der Waals surface area contributed by atoms with E-state index >= 15 is 0 Å². The Hall–Kier alpha value is -3.14. The van der Waals surface area contributed by atoms with Crippen molar-refractivity contribution in [3.05, 3.63) is 95.1 Å². The third-order valence-corrected chi connectivity index (χ3v) is 16.0. The maximum Gasteiger partial charge on any atom is 0.164 e. The average molecular weight is 725 g/mol. The second kappa shape index (κ2) is 12.7. The van der Waals surface area contributed by atoms with Crippen molar-refractivity contribution < 1.29 is 0 Å². The van der Waals surface area contributed by atoms with E-state index in [4.69, 9.17) is 0 Å². The van der Waals surface area contributed by atoms with Crippen LogP contribution in [-0.2, 0) is 0 Å². The van der Waals surface area contributed by atoms with Gasteiger partial charge in [-0.3, -0.25) is 9.80 Å². The molecule has 0 N–H and O–H groups in total. The lowest BCUT2D eigenvalue weighted by molar-refractivity contribution is -0.0853. The highest BCUT2D eigenvalue weighted by atomic mass is 15.5. The van der Waals surface area contributed by atoms with E-state index in [1.807, 2.05) is 0 Å². The molecule has 0 atom stereocenters. The molecule has 8 saturated carbocycles. The largest absolute Gasteiger partial charge is 0.324 e. The number of hydrogen-bond donors (Lipinski definition) is 0. The minimum Gasteiger partial charge on any atom is -0.324 e. The summed E-state index contributed by atoms with van der Waals surface area (Å²) in [6.07, 6.45) is 27.2. The van der Waals surface area contributed by atoms with E-state index in [0.717, 1.165) is 35.5 Å². The Balaban J connectivity index is 1.26. The summed E-state index contributed by atoms with van der Waals surface area (Å²) < 4.78 is 0. The van der Waals surface area contributed by atoms with Crippen LogP contribution < -0.4 is 9.80 Å². The number of nitrogens with zero attached hydrogens (tertiary/aromatic N) is 4. The van der Waals surface area contributed by atoms with Crippen molar-refractivity contribution in [2.24, 2.45) is 35.5 Å². The van der Waals surface area contributed by atoms with E-state index in [2.05, 4.69) is 136 Å². The SMILES string of the molecule is CC(C)c1cccc(C(C)C)c1N1C=CN(c2c(C(C)C)cccc2C(C)C)C1=C1N(C23CC4CC(CC(C4)C2)C3)C=CN1C12CC3CC(CC(C3)C1)C2. The van der Waals surface area contributed by atoms with Crippen LogP contribution in [0, 0.1) is 35.5 Å². The Morgan fingerprint density at radius 2 is 0.685 bits per heavy atom. The molecule has 288 valence electrons. The first kappa shape index (κ1) is 35.3. The molecule has 0 saturated heterocycles. The van der Waals surface area contributed by atoms with E-state index in [1.165, 1.54) is 122 Å². The zero-order chi connectivity index (χ0) is 37.3.